The summed E-state index contributed by atoms with van der Waals surface area (Å²) < 4.78 is 5.84. The third-order valence-electron chi connectivity index (χ3n) is 3.63. The first kappa shape index (κ1) is 16.7. The smallest absolute Gasteiger partial charge is 0.250 e. The summed E-state index contributed by atoms with van der Waals surface area (Å²) in [5.74, 6) is 0.835. The zero-order chi connectivity index (χ0) is 17.6. The Morgan fingerprint density at radius 1 is 1.16 bits per heavy atom. The maximum atomic E-state index is 11.3. The molecule has 3 rings (SSSR count). The quantitative estimate of drug-likeness (QED) is 0.641. The Kier molecular flexibility index (Phi) is 5.11. The van der Waals surface area contributed by atoms with Crippen LogP contribution in [0.3, 0.4) is 0 Å². The Morgan fingerprint density at radius 3 is 2.68 bits per heavy atom. The molecule has 0 saturated heterocycles. The third kappa shape index (κ3) is 4.24. The van der Waals surface area contributed by atoms with Crippen LogP contribution in [0.1, 0.15) is 18.9 Å². The number of oxazole rings is 1. The summed E-state index contributed by atoms with van der Waals surface area (Å²) in [5.41, 5.74) is 2.39. The number of anilines is 2. The van der Waals surface area contributed by atoms with Crippen molar-refractivity contribution in [1.82, 2.24) is 4.98 Å². The van der Waals surface area contributed by atoms with E-state index in [0.717, 1.165) is 11.3 Å². The molecule has 0 bridgehead atoms. The van der Waals surface area contributed by atoms with E-state index in [9.17, 15) is 4.79 Å². The van der Waals surface area contributed by atoms with E-state index >= 15 is 0 Å². The lowest BCUT2D eigenvalue weighted by atomic mass is 10.2. The van der Waals surface area contributed by atoms with E-state index in [0.29, 0.717) is 17.3 Å². The number of benzene rings is 2. The van der Waals surface area contributed by atoms with Crippen molar-refractivity contribution in [3.63, 3.8) is 0 Å². The van der Waals surface area contributed by atoms with Crippen molar-refractivity contribution < 1.29 is 14.3 Å². The average Bonchev–Trinajstić information content (AvgIpc) is 3.13. The summed E-state index contributed by atoms with van der Waals surface area (Å²) in [6.45, 7) is 1.40. The molecule has 0 spiro atoms. The van der Waals surface area contributed by atoms with E-state index in [1.807, 2.05) is 49.4 Å². The molecule has 25 heavy (non-hydrogen) atoms. The van der Waals surface area contributed by atoms with Crippen LogP contribution in [0.5, 0.6) is 0 Å². The molecule has 1 aromatic heterocycles. The fourth-order valence-electron chi connectivity index (χ4n) is 2.42. The summed E-state index contributed by atoms with van der Waals surface area (Å²) in [4.78, 5) is 15.6. The summed E-state index contributed by atoms with van der Waals surface area (Å²) in [5, 5.41) is 14.7. The molecule has 1 heterocycles. The summed E-state index contributed by atoms with van der Waals surface area (Å²) in [6.07, 6.45) is 1.71. The molecule has 2 aromatic carbocycles. The van der Waals surface area contributed by atoms with Gasteiger partial charge in [-0.15, -0.1) is 0 Å². The molecule has 0 saturated carbocycles. The van der Waals surface area contributed by atoms with Gasteiger partial charge in [0.05, 0.1) is 6.20 Å². The SMILES string of the molecule is C[C@H](Nc1cccc(NC(=O)CO)c1)c1ncc(-c2ccccc2)o1. The lowest BCUT2D eigenvalue weighted by molar-refractivity contribution is -0.118. The second kappa shape index (κ2) is 7.63. The number of aliphatic hydroxyl groups is 1. The van der Waals surface area contributed by atoms with E-state index in [1.54, 1.807) is 18.3 Å². The molecule has 1 atom stereocenters. The predicted octanol–water partition coefficient (Wildman–Crippen LogP) is 3.45. The van der Waals surface area contributed by atoms with Gasteiger partial charge in [-0.3, -0.25) is 4.79 Å². The molecule has 3 N–H and O–H groups in total. The average molecular weight is 337 g/mol. The molecule has 1 amide bonds. The predicted molar refractivity (Wildman–Crippen MR) is 96.1 cm³/mol. The van der Waals surface area contributed by atoms with Crippen LogP contribution in [-0.4, -0.2) is 22.6 Å². The fraction of sp³-hybridized carbons (Fsp3) is 0.158. The second-order valence-electron chi connectivity index (χ2n) is 5.58. The number of hydrogen-bond acceptors (Lipinski definition) is 5. The van der Waals surface area contributed by atoms with Crippen LogP contribution in [0, 0.1) is 0 Å². The van der Waals surface area contributed by atoms with E-state index < -0.39 is 12.5 Å². The van der Waals surface area contributed by atoms with E-state index in [2.05, 4.69) is 15.6 Å². The van der Waals surface area contributed by atoms with Gasteiger partial charge in [0.15, 0.2) is 5.76 Å². The number of carbonyl (C=O) groups excluding carboxylic acids is 1. The Morgan fingerprint density at radius 2 is 1.92 bits per heavy atom. The summed E-state index contributed by atoms with van der Waals surface area (Å²) in [7, 11) is 0. The number of aromatic nitrogens is 1. The summed E-state index contributed by atoms with van der Waals surface area (Å²) in [6, 6.07) is 16.9. The Labute approximate surface area is 145 Å². The van der Waals surface area contributed by atoms with Crippen LogP contribution in [0.15, 0.2) is 65.2 Å². The van der Waals surface area contributed by atoms with Gasteiger partial charge < -0.3 is 20.2 Å². The van der Waals surface area contributed by atoms with Gasteiger partial charge >= 0.3 is 0 Å². The highest BCUT2D eigenvalue weighted by atomic mass is 16.4. The molecule has 0 radical (unpaired) electrons. The van der Waals surface area contributed by atoms with Crippen LogP contribution in [0.25, 0.3) is 11.3 Å². The van der Waals surface area contributed by atoms with Crippen LogP contribution in [0.4, 0.5) is 11.4 Å². The highest BCUT2D eigenvalue weighted by Gasteiger charge is 2.13. The molecule has 0 fully saturated rings. The van der Waals surface area contributed by atoms with Crippen LogP contribution < -0.4 is 10.6 Å². The normalized spacial score (nSPS) is 11.8. The number of nitrogens with zero attached hydrogens (tertiary/aromatic N) is 1. The Balaban J connectivity index is 1.70. The van der Waals surface area contributed by atoms with E-state index in [4.69, 9.17) is 9.52 Å². The second-order valence-corrected chi connectivity index (χ2v) is 5.58. The minimum absolute atomic E-state index is 0.152. The molecule has 128 valence electrons. The highest BCUT2D eigenvalue weighted by molar-refractivity contribution is 5.91. The van der Waals surface area contributed by atoms with Gasteiger partial charge in [0, 0.05) is 16.9 Å². The van der Waals surface area contributed by atoms with Gasteiger partial charge in [-0.2, -0.15) is 0 Å². The summed E-state index contributed by atoms with van der Waals surface area (Å²) >= 11 is 0. The van der Waals surface area contributed by atoms with E-state index in [1.165, 1.54) is 0 Å². The maximum absolute atomic E-state index is 11.3. The van der Waals surface area contributed by atoms with Gasteiger partial charge in [-0.1, -0.05) is 36.4 Å². The Hall–Kier alpha value is -3.12. The number of carbonyl (C=O) groups is 1. The van der Waals surface area contributed by atoms with Crippen molar-refractivity contribution in [3.05, 3.63) is 66.7 Å². The highest BCUT2D eigenvalue weighted by Crippen LogP contribution is 2.25. The first-order valence-electron chi connectivity index (χ1n) is 7.94. The monoisotopic (exact) mass is 337 g/mol. The van der Waals surface area contributed by atoms with Gasteiger partial charge in [-0.05, 0) is 25.1 Å². The van der Waals surface area contributed by atoms with Crippen molar-refractivity contribution in [2.75, 3.05) is 17.2 Å². The first-order chi connectivity index (χ1) is 12.2. The third-order valence-corrected chi connectivity index (χ3v) is 3.63. The van der Waals surface area contributed by atoms with Crippen molar-refractivity contribution in [1.29, 1.82) is 0 Å². The number of nitrogens with one attached hydrogen (secondary N) is 2. The van der Waals surface area contributed by atoms with Crippen molar-refractivity contribution in [2.45, 2.75) is 13.0 Å². The lowest BCUT2D eigenvalue weighted by Gasteiger charge is -2.13. The zero-order valence-electron chi connectivity index (χ0n) is 13.8. The molecule has 0 aliphatic heterocycles. The maximum Gasteiger partial charge on any atom is 0.250 e. The number of amides is 1. The topological polar surface area (TPSA) is 87.4 Å². The van der Waals surface area contributed by atoms with Gasteiger partial charge in [0.2, 0.25) is 11.8 Å². The number of rotatable bonds is 6. The lowest BCUT2D eigenvalue weighted by Crippen LogP contribution is -2.15. The molecule has 0 aliphatic carbocycles. The van der Waals surface area contributed by atoms with Crippen LogP contribution in [-0.2, 0) is 4.79 Å². The van der Waals surface area contributed by atoms with Crippen LogP contribution in [0.2, 0.25) is 0 Å². The first-order valence-corrected chi connectivity index (χ1v) is 7.94. The standard InChI is InChI=1S/C19H19N3O3/c1-13(19-20-11-17(25-19)14-6-3-2-4-7-14)21-15-8-5-9-16(10-15)22-18(24)12-23/h2-11,13,21,23H,12H2,1H3,(H,22,24)/t13-/m0/s1. The molecule has 6 nitrogen and oxygen atoms in total. The van der Waals surface area contributed by atoms with Gasteiger partial charge in [0.1, 0.15) is 12.6 Å². The number of aliphatic hydroxyl groups excluding tert-OH is 1. The molecule has 6 heteroatoms. The minimum Gasteiger partial charge on any atom is -0.438 e. The number of hydrogen-bond donors (Lipinski definition) is 3. The molecule has 0 unspecified atom stereocenters. The van der Waals surface area contributed by atoms with Crippen molar-refractivity contribution in [2.24, 2.45) is 0 Å². The molecule has 0 aliphatic rings. The largest absolute Gasteiger partial charge is 0.438 e. The molecular weight excluding hydrogens is 318 g/mol. The van der Waals surface area contributed by atoms with E-state index in [-0.39, 0.29) is 6.04 Å². The van der Waals surface area contributed by atoms with Gasteiger partial charge in [0.25, 0.3) is 0 Å². The molecular formula is C19H19N3O3. The van der Waals surface area contributed by atoms with Crippen molar-refractivity contribution in [3.8, 4) is 11.3 Å². The molecule has 3 aromatic rings. The minimum atomic E-state index is -0.549. The fourth-order valence-corrected chi connectivity index (χ4v) is 2.42. The zero-order valence-corrected chi connectivity index (χ0v) is 13.8. The van der Waals surface area contributed by atoms with Crippen LogP contribution >= 0.6 is 0 Å². The van der Waals surface area contributed by atoms with Gasteiger partial charge in [-0.25, -0.2) is 4.98 Å². The van der Waals surface area contributed by atoms with Crippen molar-refractivity contribution >= 4 is 17.3 Å². The Bertz CT molecular complexity index is 846.